The topological polar surface area (TPSA) is 209 Å². The van der Waals surface area contributed by atoms with Crippen LogP contribution in [0.25, 0.3) is 0 Å². The maximum atomic E-state index is 12.7. The molecule has 4 aliphatic carbocycles. The van der Waals surface area contributed by atoms with E-state index in [1.54, 1.807) is 6.08 Å². The lowest BCUT2D eigenvalue weighted by molar-refractivity contribution is -0.312. The van der Waals surface area contributed by atoms with Crippen molar-refractivity contribution < 1.29 is 58.8 Å². The van der Waals surface area contributed by atoms with Crippen molar-refractivity contribution in [3.8, 4) is 0 Å². The van der Waals surface area contributed by atoms with Gasteiger partial charge >= 0.3 is 0 Å². The molecule has 5 aliphatic rings. The zero-order valence-electron chi connectivity index (χ0n) is 28.3. The van der Waals surface area contributed by atoms with Gasteiger partial charge < -0.3 is 28.8 Å². The van der Waals surface area contributed by atoms with Crippen LogP contribution in [0.4, 0.5) is 0 Å². The lowest BCUT2D eigenvalue weighted by Gasteiger charge is -2.59. The second-order valence-corrected chi connectivity index (χ2v) is 17.2. The summed E-state index contributed by atoms with van der Waals surface area (Å²) in [6.07, 6.45) is -0.943. The molecule has 1 heterocycles. The van der Waals surface area contributed by atoms with Crippen molar-refractivity contribution in [3.05, 3.63) is 34.4 Å². The van der Waals surface area contributed by atoms with Crippen molar-refractivity contribution in [1.82, 2.24) is 0 Å². The molecule has 2 N–H and O–H groups in total. The number of ether oxygens (including phenoxy) is 2. The fourth-order valence-electron chi connectivity index (χ4n) is 9.73. The van der Waals surface area contributed by atoms with Crippen LogP contribution in [0.1, 0.15) is 92.9 Å². The van der Waals surface area contributed by atoms with Gasteiger partial charge in [-0.3, -0.25) is 13.2 Å². The van der Waals surface area contributed by atoms with Crippen LogP contribution in [0.15, 0.2) is 34.4 Å². The number of aliphatic hydroxyl groups excluding tert-OH is 2. The first kappa shape index (κ1) is 37.7. The summed E-state index contributed by atoms with van der Waals surface area (Å²) in [6, 6.07) is 0. The van der Waals surface area contributed by atoms with Crippen molar-refractivity contribution in [2.75, 3.05) is 0 Å². The molecule has 0 unspecified atom stereocenters. The first-order valence-electron chi connectivity index (χ1n) is 16.7. The summed E-state index contributed by atoms with van der Waals surface area (Å²) >= 11 is 0. The van der Waals surface area contributed by atoms with Gasteiger partial charge in [-0.05, 0) is 107 Å². The lowest BCUT2D eigenvalue weighted by Crippen LogP contribution is -2.61. The molecule has 0 spiro atoms. The van der Waals surface area contributed by atoms with Crippen LogP contribution >= 0.6 is 0 Å². The van der Waals surface area contributed by atoms with Gasteiger partial charge in [-0.15, -0.1) is 0 Å². The highest BCUT2D eigenvalue weighted by atomic mass is 32.3. The van der Waals surface area contributed by atoms with Crippen LogP contribution in [0.3, 0.4) is 0 Å². The standard InChI is InChI=1S/C33H50O13S2/c1-17(2)13-20(34)14-18(3)23-7-8-24-22-16-27(44-31-29(36)28(35)30(19(4)43-31)46-48(40,41)42)26-15-21(45-47(37,38)39)9-11-33(26,6)25(22)10-12-32(23,24)5/h10,13,19,21-22,24,26-31,35-36H,7-9,11-12,14-16H2,1-6H3,(H,37,38,39)(H,40,41,42)/p-2/b23-18+/t19-,21+,22+,24+,26-,27+,28-,29-,30-,31+,32-,33-/m1/s1. The Labute approximate surface area is 283 Å². The number of allylic oxidation sites excluding steroid dienone is 6. The van der Waals surface area contributed by atoms with Crippen LogP contribution in [0, 0.1) is 28.6 Å². The summed E-state index contributed by atoms with van der Waals surface area (Å²) in [5, 5.41) is 21.8. The maximum Gasteiger partial charge on any atom is 0.218 e. The van der Waals surface area contributed by atoms with Crippen LogP contribution in [-0.2, 0) is 43.4 Å². The Bertz CT molecular complexity index is 1580. The molecule has 12 atom stereocenters. The fourth-order valence-corrected chi connectivity index (χ4v) is 10.8. The molecule has 13 nitrogen and oxygen atoms in total. The summed E-state index contributed by atoms with van der Waals surface area (Å²) in [4.78, 5) is 12.7. The second kappa shape index (κ2) is 13.5. The van der Waals surface area contributed by atoms with Crippen LogP contribution in [0.5, 0.6) is 0 Å². The minimum Gasteiger partial charge on any atom is -0.726 e. The molecule has 0 bridgehead atoms. The highest BCUT2D eigenvalue weighted by Crippen LogP contribution is 2.66. The van der Waals surface area contributed by atoms with Crippen molar-refractivity contribution in [3.63, 3.8) is 0 Å². The van der Waals surface area contributed by atoms with Gasteiger partial charge in [-0.1, -0.05) is 42.2 Å². The van der Waals surface area contributed by atoms with Crippen LogP contribution in [0.2, 0.25) is 0 Å². The molecule has 1 saturated heterocycles. The number of ketones is 1. The van der Waals surface area contributed by atoms with E-state index >= 15 is 0 Å². The molecule has 15 heteroatoms. The normalized spacial score (nSPS) is 42.6. The van der Waals surface area contributed by atoms with Gasteiger partial charge in [0.15, 0.2) is 12.1 Å². The van der Waals surface area contributed by atoms with Crippen molar-refractivity contribution in [1.29, 1.82) is 0 Å². The predicted octanol–water partition coefficient (Wildman–Crippen LogP) is 3.34. The molecule has 0 aromatic heterocycles. The van der Waals surface area contributed by atoms with E-state index in [-0.39, 0.29) is 35.4 Å². The largest absolute Gasteiger partial charge is 0.726 e. The average molecular weight is 717 g/mol. The molecule has 1 aliphatic heterocycles. The lowest BCUT2D eigenvalue weighted by atomic mass is 9.48. The molecule has 5 rings (SSSR count). The van der Waals surface area contributed by atoms with Crippen LogP contribution < -0.4 is 0 Å². The van der Waals surface area contributed by atoms with Crippen molar-refractivity contribution in [2.24, 2.45) is 28.6 Å². The minimum atomic E-state index is -5.22. The Balaban J connectivity index is 1.47. The summed E-state index contributed by atoms with van der Waals surface area (Å²) in [5.74, 6) is -0.0339. The van der Waals surface area contributed by atoms with E-state index < -0.39 is 69.1 Å². The molecule has 48 heavy (non-hydrogen) atoms. The van der Waals surface area contributed by atoms with Gasteiger partial charge in [0.25, 0.3) is 0 Å². The van der Waals surface area contributed by atoms with Crippen molar-refractivity contribution in [2.45, 2.75) is 136 Å². The van der Waals surface area contributed by atoms with Crippen LogP contribution in [-0.4, -0.2) is 84.9 Å². The third-order valence-corrected chi connectivity index (χ3v) is 12.7. The van der Waals surface area contributed by atoms with E-state index in [0.717, 1.165) is 30.4 Å². The molecule has 0 aromatic carbocycles. The Morgan fingerprint density at radius 1 is 1.00 bits per heavy atom. The molecule has 0 radical (unpaired) electrons. The van der Waals surface area contributed by atoms with Gasteiger partial charge in [0.05, 0.1) is 18.3 Å². The highest BCUT2D eigenvalue weighted by molar-refractivity contribution is 7.81. The Kier molecular flexibility index (Phi) is 10.6. The fraction of sp³-hybridized carbons (Fsp3) is 0.788. The summed E-state index contributed by atoms with van der Waals surface area (Å²) in [6.45, 7) is 11.6. The second-order valence-electron chi connectivity index (χ2n) is 15.2. The number of fused-ring (bicyclic) bond motifs is 5. The summed E-state index contributed by atoms with van der Waals surface area (Å²) in [5.41, 5.74) is 3.91. The Morgan fingerprint density at radius 3 is 2.29 bits per heavy atom. The summed E-state index contributed by atoms with van der Waals surface area (Å²) in [7, 11) is -10.2. The number of carbonyl (C=O) groups excluding carboxylic acids is 1. The van der Waals surface area contributed by atoms with E-state index in [9.17, 15) is 40.9 Å². The zero-order valence-corrected chi connectivity index (χ0v) is 29.9. The molecular weight excluding hydrogens is 668 g/mol. The third-order valence-electron chi connectivity index (χ3n) is 11.7. The molecule has 4 fully saturated rings. The van der Waals surface area contributed by atoms with Gasteiger partial charge in [0.1, 0.15) is 18.3 Å². The number of rotatable bonds is 9. The van der Waals surface area contributed by atoms with E-state index in [4.69, 9.17) is 13.7 Å². The zero-order chi connectivity index (χ0) is 35.6. The predicted molar refractivity (Wildman–Crippen MR) is 169 cm³/mol. The highest BCUT2D eigenvalue weighted by Gasteiger charge is 2.60. The van der Waals surface area contributed by atoms with E-state index in [2.05, 4.69) is 24.1 Å². The first-order valence-corrected chi connectivity index (χ1v) is 19.3. The molecule has 0 amide bonds. The maximum absolute atomic E-state index is 12.7. The monoisotopic (exact) mass is 716 g/mol. The van der Waals surface area contributed by atoms with E-state index in [1.807, 2.05) is 20.8 Å². The Morgan fingerprint density at radius 2 is 1.67 bits per heavy atom. The van der Waals surface area contributed by atoms with E-state index in [1.165, 1.54) is 18.1 Å². The third kappa shape index (κ3) is 7.55. The van der Waals surface area contributed by atoms with Gasteiger partial charge in [-0.2, -0.15) is 0 Å². The average Bonchev–Trinajstić information content (AvgIpc) is 3.30. The number of hydrogen-bond donors (Lipinski definition) is 2. The first-order chi connectivity index (χ1) is 22.1. The van der Waals surface area contributed by atoms with E-state index in [0.29, 0.717) is 25.7 Å². The number of aliphatic hydroxyl groups is 2. The summed E-state index contributed by atoms with van der Waals surface area (Å²) < 4.78 is 90.2. The quantitative estimate of drug-likeness (QED) is 0.152. The van der Waals surface area contributed by atoms with Gasteiger partial charge in [-0.25, -0.2) is 16.8 Å². The van der Waals surface area contributed by atoms with Gasteiger partial charge in [0, 0.05) is 6.42 Å². The molecule has 272 valence electrons. The molecular formula is C33H48O13S2-2. The van der Waals surface area contributed by atoms with Gasteiger partial charge in [0.2, 0.25) is 20.8 Å². The number of hydrogen-bond acceptors (Lipinski definition) is 13. The molecule has 0 aromatic rings. The Hall–Kier alpha value is -1.53. The SMILES string of the molecule is CC(C)=CC(=O)C/C(C)=C1\CC[C@H]2[C@@H]3C[C@H](O[C@@H]4O[C@H](C)[C@@H](OS(=O)(=O)[O-])[C@H](O)[C@H]4O)[C@H]4C[C@@H](OS(=O)(=O)[O-])CC[C@]4(C)C3=CC[C@]12C. The molecule has 3 saturated carbocycles. The van der Waals surface area contributed by atoms with Crippen molar-refractivity contribution >= 4 is 26.6 Å². The minimum absolute atomic E-state index is 0.0410. The number of carbonyl (C=O) groups is 1. The smallest absolute Gasteiger partial charge is 0.218 e.